The number of hydrogen-bond acceptors (Lipinski definition) is 8. The molecule has 8 nitrogen and oxygen atoms in total. The number of azo groups is 1. The van der Waals surface area contributed by atoms with Gasteiger partial charge in [0.05, 0.1) is 23.8 Å². The monoisotopic (exact) mass is 414 g/mol. The van der Waals surface area contributed by atoms with E-state index in [0.29, 0.717) is 47.5 Å². The van der Waals surface area contributed by atoms with Gasteiger partial charge in [-0.15, -0.1) is 10.2 Å². The number of morpholine rings is 1. The first-order chi connectivity index (χ1) is 12.4. The van der Waals surface area contributed by atoms with Crippen LogP contribution in [0.15, 0.2) is 39.4 Å². The maximum absolute atomic E-state index is 12.7. The average Bonchev–Trinajstić information content (AvgIpc) is 2.94. The Morgan fingerprint density at radius 1 is 1.31 bits per heavy atom. The van der Waals surface area contributed by atoms with Crippen LogP contribution in [0.4, 0.5) is 10.7 Å². The van der Waals surface area contributed by atoms with E-state index >= 15 is 0 Å². The number of benzene rings is 1. The molecular weight excluding hydrogens is 396 g/mol. The lowest BCUT2D eigenvalue weighted by atomic mass is 10.3. The van der Waals surface area contributed by atoms with Crippen molar-refractivity contribution in [1.29, 1.82) is 0 Å². The number of aromatic nitrogens is 1. The Morgan fingerprint density at radius 3 is 2.69 bits per heavy atom. The van der Waals surface area contributed by atoms with E-state index < -0.39 is 10.0 Å². The normalized spacial score (nSPS) is 16.3. The fraction of sp³-hybridized carbons (Fsp3) is 0.400. The van der Waals surface area contributed by atoms with Crippen LogP contribution in [-0.4, -0.2) is 48.7 Å². The Labute approximate surface area is 160 Å². The molecule has 0 radical (unpaired) electrons. The van der Waals surface area contributed by atoms with Crippen molar-refractivity contribution in [2.75, 3.05) is 26.3 Å². The fourth-order valence-corrected chi connectivity index (χ4v) is 5.15. The Morgan fingerprint density at radius 2 is 2.04 bits per heavy atom. The summed E-state index contributed by atoms with van der Waals surface area (Å²) in [6.07, 6.45) is 0. The summed E-state index contributed by atoms with van der Waals surface area (Å²) in [7, 11) is -3.60. The summed E-state index contributed by atoms with van der Waals surface area (Å²) in [5, 5.41) is 18.4. The molecule has 26 heavy (non-hydrogen) atoms. The third kappa shape index (κ3) is 3.86. The minimum Gasteiger partial charge on any atom is -0.492 e. The minimum atomic E-state index is -3.60. The van der Waals surface area contributed by atoms with Crippen LogP contribution < -0.4 is 0 Å². The molecule has 3 rings (SSSR count). The van der Waals surface area contributed by atoms with Crippen molar-refractivity contribution < 1.29 is 18.3 Å². The summed E-state index contributed by atoms with van der Waals surface area (Å²) < 4.78 is 34.0. The second kappa shape index (κ2) is 7.92. The first-order valence-electron chi connectivity index (χ1n) is 7.95. The molecule has 2 heterocycles. The summed E-state index contributed by atoms with van der Waals surface area (Å²) in [6.45, 7) is 3.83. The summed E-state index contributed by atoms with van der Waals surface area (Å²) in [6, 6.07) is 6.25. The van der Waals surface area contributed by atoms with Gasteiger partial charge in [-0.3, -0.25) is 4.57 Å². The Kier molecular flexibility index (Phi) is 5.82. The van der Waals surface area contributed by atoms with Gasteiger partial charge in [0.15, 0.2) is 3.95 Å². The zero-order chi connectivity index (χ0) is 18.7. The van der Waals surface area contributed by atoms with E-state index in [1.54, 1.807) is 16.7 Å². The maximum Gasteiger partial charge on any atom is 0.243 e. The minimum absolute atomic E-state index is 0.0386. The highest BCUT2D eigenvalue weighted by atomic mass is 32.2. The van der Waals surface area contributed by atoms with Crippen molar-refractivity contribution in [2.24, 2.45) is 10.2 Å². The highest BCUT2D eigenvalue weighted by Gasteiger charge is 2.26. The predicted molar refractivity (Wildman–Crippen MR) is 101 cm³/mol. The summed E-state index contributed by atoms with van der Waals surface area (Å²) in [4.78, 5) is 0.152. The molecule has 0 unspecified atom stereocenters. The lowest BCUT2D eigenvalue weighted by Gasteiger charge is -2.26. The van der Waals surface area contributed by atoms with Crippen molar-refractivity contribution in [1.82, 2.24) is 8.87 Å². The van der Waals surface area contributed by atoms with Gasteiger partial charge in [-0.2, -0.15) is 4.31 Å². The van der Waals surface area contributed by atoms with E-state index in [9.17, 15) is 13.5 Å². The second-order valence-corrected chi connectivity index (χ2v) is 9.02. The SMILES string of the molecule is CCn1c(O)c(N=Nc2cccc(S(=O)(=O)N3CCOCC3)c2)sc1=S. The van der Waals surface area contributed by atoms with E-state index in [2.05, 4.69) is 10.2 Å². The molecule has 1 aliphatic rings. The van der Waals surface area contributed by atoms with Crippen LogP contribution in [0.25, 0.3) is 0 Å². The van der Waals surface area contributed by atoms with Crippen LogP contribution in [0.2, 0.25) is 0 Å². The van der Waals surface area contributed by atoms with Gasteiger partial charge in [-0.25, -0.2) is 8.42 Å². The van der Waals surface area contributed by atoms with Crippen LogP contribution >= 0.6 is 23.6 Å². The van der Waals surface area contributed by atoms with Crippen LogP contribution in [-0.2, 0) is 21.3 Å². The standard InChI is InChI=1S/C15H18N4O4S3/c1-2-19-14(20)13(25-15(19)24)17-16-11-4-3-5-12(10-11)26(21,22)18-6-8-23-9-7-18/h3-5,10,20H,2,6-9H2,1H3. The second-order valence-electron chi connectivity index (χ2n) is 5.45. The van der Waals surface area contributed by atoms with Gasteiger partial charge in [0.25, 0.3) is 0 Å². The molecule has 0 aliphatic carbocycles. The molecule has 1 aromatic carbocycles. The summed E-state index contributed by atoms with van der Waals surface area (Å²) in [5.41, 5.74) is 0.376. The molecular formula is C15H18N4O4S3. The molecule has 1 N–H and O–H groups in total. The Hall–Kier alpha value is -1.66. The molecule has 11 heteroatoms. The van der Waals surface area contributed by atoms with E-state index in [1.165, 1.54) is 16.4 Å². The van der Waals surface area contributed by atoms with Gasteiger partial charge in [0.2, 0.25) is 20.9 Å². The smallest absolute Gasteiger partial charge is 0.243 e. The summed E-state index contributed by atoms with van der Waals surface area (Å²) in [5.74, 6) is -0.0386. The first kappa shape index (κ1) is 19.1. The molecule has 0 saturated carbocycles. The van der Waals surface area contributed by atoms with Gasteiger partial charge in [-0.05, 0) is 37.3 Å². The molecule has 140 valence electrons. The van der Waals surface area contributed by atoms with Gasteiger partial charge < -0.3 is 9.84 Å². The number of rotatable bonds is 5. The van der Waals surface area contributed by atoms with Gasteiger partial charge >= 0.3 is 0 Å². The maximum atomic E-state index is 12.7. The first-order valence-corrected chi connectivity index (χ1v) is 10.6. The van der Waals surface area contributed by atoms with Crippen molar-refractivity contribution in [3.8, 4) is 5.88 Å². The number of ether oxygens (including phenoxy) is 1. The molecule has 1 saturated heterocycles. The number of nitrogens with zero attached hydrogens (tertiary/aromatic N) is 4. The van der Waals surface area contributed by atoms with Gasteiger partial charge in [0.1, 0.15) is 0 Å². The molecule has 0 atom stereocenters. The van der Waals surface area contributed by atoms with Crippen LogP contribution in [0.1, 0.15) is 6.92 Å². The number of hydrogen-bond donors (Lipinski definition) is 1. The lowest BCUT2D eigenvalue weighted by molar-refractivity contribution is 0.0730. The van der Waals surface area contributed by atoms with E-state index in [0.717, 1.165) is 11.3 Å². The van der Waals surface area contributed by atoms with E-state index in [1.807, 2.05) is 6.92 Å². The van der Waals surface area contributed by atoms with Crippen LogP contribution in [0.3, 0.4) is 0 Å². The predicted octanol–water partition coefficient (Wildman–Crippen LogP) is 3.44. The van der Waals surface area contributed by atoms with Crippen LogP contribution in [0.5, 0.6) is 5.88 Å². The summed E-state index contributed by atoms with van der Waals surface area (Å²) >= 11 is 6.30. The molecule has 0 bridgehead atoms. The quantitative estimate of drug-likeness (QED) is 0.597. The van der Waals surface area contributed by atoms with Crippen molar-refractivity contribution in [3.63, 3.8) is 0 Å². The molecule has 0 spiro atoms. The topological polar surface area (TPSA) is 96.5 Å². The fourth-order valence-electron chi connectivity index (χ4n) is 2.47. The highest BCUT2D eigenvalue weighted by molar-refractivity contribution is 7.89. The largest absolute Gasteiger partial charge is 0.492 e. The third-order valence-electron chi connectivity index (χ3n) is 3.85. The third-order valence-corrected chi connectivity index (χ3v) is 7.07. The molecule has 1 fully saturated rings. The Balaban J connectivity index is 1.87. The number of thiazole rings is 1. The molecule has 0 amide bonds. The number of sulfonamides is 1. The average molecular weight is 415 g/mol. The van der Waals surface area contributed by atoms with E-state index in [-0.39, 0.29) is 10.8 Å². The van der Waals surface area contributed by atoms with Crippen molar-refractivity contribution >= 4 is 44.3 Å². The lowest BCUT2D eigenvalue weighted by Crippen LogP contribution is -2.40. The van der Waals surface area contributed by atoms with E-state index in [4.69, 9.17) is 17.0 Å². The molecule has 1 aliphatic heterocycles. The Bertz CT molecular complexity index is 975. The molecule has 2 aromatic rings. The zero-order valence-corrected chi connectivity index (χ0v) is 16.5. The number of aromatic hydroxyl groups is 1. The zero-order valence-electron chi connectivity index (χ0n) is 14.0. The van der Waals surface area contributed by atoms with Gasteiger partial charge in [0, 0.05) is 19.6 Å². The highest BCUT2D eigenvalue weighted by Crippen LogP contribution is 2.35. The van der Waals surface area contributed by atoms with Crippen molar-refractivity contribution in [3.05, 3.63) is 28.2 Å². The van der Waals surface area contributed by atoms with Crippen LogP contribution in [0, 0.1) is 3.95 Å². The molecule has 1 aromatic heterocycles. The van der Waals surface area contributed by atoms with Crippen molar-refractivity contribution in [2.45, 2.75) is 18.4 Å². The van der Waals surface area contributed by atoms with Gasteiger partial charge in [-0.1, -0.05) is 17.4 Å².